The minimum absolute atomic E-state index is 0.563. The van der Waals surface area contributed by atoms with E-state index in [1.165, 1.54) is 6.33 Å². The lowest BCUT2D eigenvalue weighted by molar-refractivity contribution is 0.973. The normalized spacial score (nSPS) is 11.9. The van der Waals surface area contributed by atoms with Crippen LogP contribution < -0.4 is 11.1 Å². The molecule has 0 atom stereocenters. The highest BCUT2D eigenvalue weighted by Gasteiger charge is 2.07. The first-order valence-electron chi connectivity index (χ1n) is 7.57. The summed E-state index contributed by atoms with van der Waals surface area (Å²) in [6, 6.07) is 7.28. The molecule has 2 aromatic rings. The first kappa shape index (κ1) is 18.2. The van der Waals surface area contributed by atoms with Crippen LogP contribution in [0.2, 0.25) is 10.0 Å². The molecule has 7 heteroatoms. The Morgan fingerprint density at radius 3 is 2.67 bits per heavy atom. The highest BCUT2D eigenvalue weighted by atomic mass is 35.5. The SMILES string of the molecule is CCc1ncnc(NCCC(C=Nc2ccc(Cl)cc2)=CN)c1Cl. The van der Waals surface area contributed by atoms with Crippen molar-refractivity contribution >= 4 is 40.9 Å². The number of aliphatic imine (C=N–C) groups is 1. The van der Waals surface area contributed by atoms with Gasteiger partial charge in [-0.1, -0.05) is 30.1 Å². The smallest absolute Gasteiger partial charge is 0.148 e. The molecule has 2 rings (SSSR count). The maximum atomic E-state index is 6.25. The van der Waals surface area contributed by atoms with E-state index in [1.54, 1.807) is 24.5 Å². The zero-order valence-corrected chi connectivity index (χ0v) is 14.8. The molecule has 0 aliphatic rings. The van der Waals surface area contributed by atoms with Crippen molar-refractivity contribution in [3.8, 4) is 0 Å². The lowest BCUT2D eigenvalue weighted by atomic mass is 10.2. The third kappa shape index (κ3) is 5.22. The molecule has 3 N–H and O–H groups in total. The second kappa shape index (κ2) is 9.25. The standard InChI is InChI=1S/C17H19Cl2N5/c1-2-15-16(19)17(24-11-23-15)21-8-7-12(9-20)10-22-14-5-3-13(18)4-6-14/h3-6,9-11H,2,7-8,20H2,1H3,(H,21,23,24). The Morgan fingerprint density at radius 2 is 2.00 bits per heavy atom. The molecule has 5 nitrogen and oxygen atoms in total. The summed E-state index contributed by atoms with van der Waals surface area (Å²) < 4.78 is 0. The topological polar surface area (TPSA) is 76.2 Å². The molecule has 0 spiro atoms. The third-order valence-electron chi connectivity index (χ3n) is 3.32. The van der Waals surface area contributed by atoms with Crippen molar-refractivity contribution in [1.29, 1.82) is 0 Å². The molecule has 1 heterocycles. The van der Waals surface area contributed by atoms with Gasteiger partial charge in [0, 0.05) is 17.8 Å². The van der Waals surface area contributed by atoms with E-state index in [9.17, 15) is 0 Å². The maximum absolute atomic E-state index is 6.25. The van der Waals surface area contributed by atoms with E-state index in [0.717, 1.165) is 23.4 Å². The van der Waals surface area contributed by atoms with Crippen LogP contribution in [-0.4, -0.2) is 22.7 Å². The number of halogens is 2. The summed E-state index contributed by atoms with van der Waals surface area (Å²) in [5.74, 6) is 0.634. The van der Waals surface area contributed by atoms with Crippen LogP contribution in [0.4, 0.5) is 11.5 Å². The molecule has 0 saturated carbocycles. The molecule has 0 aliphatic carbocycles. The second-order valence-corrected chi connectivity index (χ2v) is 5.80. The van der Waals surface area contributed by atoms with Crippen molar-refractivity contribution < 1.29 is 0 Å². The van der Waals surface area contributed by atoms with Crippen LogP contribution in [-0.2, 0) is 6.42 Å². The number of nitrogens with zero attached hydrogens (tertiary/aromatic N) is 3. The van der Waals surface area contributed by atoms with E-state index >= 15 is 0 Å². The lowest BCUT2D eigenvalue weighted by Crippen LogP contribution is -2.07. The zero-order chi connectivity index (χ0) is 17.4. The monoisotopic (exact) mass is 363 g/mol. The van der Waals surface area contributed by atoms with Crippen molar-refractivity contribution in [3.05, 3.63) is 58.1 Å². The van der Waals surface area contributed by atoms with Gasteiger partial charge in [-0.2, -0.15) is 0 Å². The molecule has 126 valence electrons. The summed E-state index contributed by atoms with van der Waals surface area (Å²) in [6.07, 6.45) is 6.24. The molecule has 0 amide bonds. The number of nitrogens with two attached hydrogens (primary N) is 1. The van der Waals surface area contributed by atoms with Gasteiger partial charge in [0.05, 0.1) is 11.4 Å². The van der Waals surface area contributed by atoms with Gasteiger partial charge in [-0.25, -0.2) is 9.97 Å². The Morgan fingerprint density at radius 1 is 1.25 bits per heavy atom. The number of aromatic nitrogens is 2. The highest BCUT2D eigenvalue weighted by Crippen LogP contribution is 2.22. The predicted molar refractivity (Wildman–Crippen MR) is 101 cm³/mol. The van der Waals surface area contributed by atoms with Gasteiger partial charge in [0.1, 0.15) is 17.2 Å². The minimum Gasteiger partial charge on any atom is -0.404 e. The Balaban J connectivity index is 1.91. The minimum atomic E-state index is 0.563. The molecule has 0 aliphatic heterocycles. The van der Waals surface area contributed by atoms with E-state index in [1.807, 2.05) is 19.1 Å². The van der Waals surface area contributed by atoms with Gasteiger partial charge in [-0.3, -0.25) is 4.99 Å². The van der Waals surface area contributed by atoms with Gasteiger partial charge in [-0.15, -0.1) is 0 Å². The van der Waals surface area contributed by atoms with Gasteiger partial charge in [0.15, 0.2) is 0 Å². The first-order valence-corrected chi connectivity index (χ1v) is 8.33. The van der Waals surface area contributed by atoms with E-state index in [-0.39, 0.29) is 0 Å². The quantitative estimate of drug-likeness (QED) is 0.715. The number of hydrogen-bond donors (Lipinski definition) is 2. The molecule has 0 saturated heterocycles. The van der Waals surface area contributed by atoms with Crippen LogP contribution in [0.1, 0.15) is 19.0 Å². The van der Waals surface area contributed by atoms with E-state index in [2.05, 4.69) is 20.3 Å². The van der Waals surface area contributed by atoms with E-state index in [4.69, 9.17) is 28.9 Å². The second-order valence-electron chi connectivity index (χ2n) is 4.99. The van der Waals surface area contributed by atoms with Crippen molar-refractivity contribution in [2.24, 2.45) is 10.7 Å². The molecule has 0 fully saturated rings. The highest BCUT2D eigenvalue weighted by molar-refractivity contribution is 6.33. The number of hydrogen-bond acceptors (Lipinski definition) is 5. The average molecular weight is 364 g/mol. The molecule has 1 aromatic heterocycles. The van der Waals surface area contributed by atoms with Crippen LogP contribution in [0.3, 0.4) is 0 Å². The van der Waals surface area contributed by atoms with Crippen LogP contribution in [0.25, 0.3) is 0 Å². The number of nitrogens with one attached hydrogen (secondary N) is 1. The van der Waals surface area contributed by atoms with Crippen LogP contribution in [0, 0.1) is 0 Å². The van der Waals surface area contributed by atoms with Gasteiger partial charge < -0.3 is 11.1 Å². The number of benzene rings is 1. The maximum Gasteiger partial charge on any atom is 0.148 e. The van der Waals surface area contributed by atoms with Crippen LogP contribution in [0.15, 0.2) is 47.4 Å². The van der Waals surface area contributed by atoms with Crippen molar-refractivity contribution in [1.82, 2.24) is 9.97 Å². The molecule has 0 radical (unpaired) electrons. The molecule has 1 aromatic carbocycles. The van der Waals surface area contributed by atoms with E-state index < -0.39 is 0 Å². The third-order valence-corrected chi connectivity index (χ3v) is 3.97. The van der Waals surface area contributed by atoms with Crippen molar-refractivity contribution in [3.63, 3.8) is 0 Å². The number of aryl methyl sites for hydroxylation is 1. The lowest BCUT2D eigenvalue weighted by Gasteiger charge is -2.09. The summed E-state index contributed by atoms with van der Waals surface area (Å²) in [7, 11) is 0. The molecular weight excluding hydrogens is 345 g/mol. The largest absolute Gasteiger partial charge is 0.404 e. The fraction of sp³-hybridized carbons (Fsp3) is 0.235. The molecule has 0 unspecified atom stereocenters. The molecular formula is C17H19Cl2N5. The van der Waals surface area contributed by atoms with Crippen molar-refractivity contribution in [2.45, 2.75) is 19.8 Å². The number of anilines is 1. The van der Waals surface area contributed by atoms with Gasteiger partial charge >= 0.3 is 0 Å². The summed E-state index contributed by atoms with van der Waals surface area (Å²) in [6.45, 7) is 2.63. The van der Waals surface area contributed by atoms with Gasteiger partial charge in [-0.05, 0) is 48.9 Å². The predicted octanol–water partition coefficient (Wildman–Crippen LogP) is 4.39. The number of rotatable bonds is 7. The first-order chi connectivity index (χ1) is 11.6. The zero-order valence-electron chi connectivity index (χ0n) is 13.3. The Hall–Kier alpha value is -2.11. The Bertz CT molecular complexity index is 726. The van der Waals surface area contributed by atoms with Crippen LogP contribution in [0.5, 0.6) is 0 Å². The fourth-order valence-corrected chi connectivity index (χ4v) is 2.40. The average Bonchev–Trinajstić information content (AvgIpc) is 2.60. The summed E-state index contributed by atoms with van der Waals surface area (Å²) in [5.41, 5.74) is 8.21. The van der Waals surface area contributed by atoms with Crippen LogP contribution >= 0.6 is 23.2 Å². The van der Waals surface area contributed by atoms with Crippen molar-refractivity contribution in [2.75, 3.05) is 11.9 Å². The molecule has 0 bridgehead atoms. The Kier molecular flexibility index (Phi) is 7.03. The fourth-order valence-electron chi connectivity index (χ4n) is 1.98. The van der Waals surface area contributed by atoms with E-state index in [0.29, 0.717) is 28.8 Å². The van der Waals surface area contributed by atoms with Gasteiger partial charge in [0.25, 0.3) is 0 Å². The van der Waals surface area contributed by atoms with Gasteiger partial charge in [0.2, 0.25) is 0 Å². The summed E-state index contributed by atoms with van der Waals surface area (Å²) in [4.78, 5) is 12.7. The summed E-state index contributed by atoms with van der Waals surface area (Å²) >= 11 is 12.1. The molecule has 24 heavy (non-hydrogen) atoms. The summed E-state index contributed by atoms with van der Waals surface area (Å²) in [5, 5.41) is 4.44. The Labute approximate surface area is 151 Å².